The number of quaternary nitrogens is 1. The molecule has 1 heteroatoms. The van der Waals surface area contributed by atoms with Crippen molar-refractivity contribution in [1.82, 2.24) is 0 Å². The lowest BCUT2D eigenvalue weighted by molar-refractivity contribution is -0.821. The van der Waals surface area contributed by atoms with E-state index < -0.39 is 0 Å². The van der Waals surface area contributed by atoms with E-state index in [1.54, 1.807) is 21.7 Å². The molecule has 0 spiro atoms. The third-order valence-corrected chi connectivity index (χ3v) is 7.00. The summed E-state index contributed by atoms with van der Waals surface area (Å²) in [5, 5.41) is 0. The van der Waals surface area contributed by atoms with E-state index in [-0.39, 0.29) is 0 Å². The summed E-state index contributed by atoms with van der Waals surface area (Å²) in [6.07, 6.45) is 1.23. The molecule has 5 atom stereocenters. The van der Waals surface area contributed by atoms with Crippen LogP contribution in [0.2, 0.25) is 0 Å². The van der Waals surface area contributed by atoms with Crippen molar-refractivity contribution in [2.24, 2.45) is 29.1 Å². The fourth-order valence-corrected chi connectivity index (χ4v) is 5.61. The standard InChI is InChI=1S/C21H33N/c1-13-14(2)16(4)19(15(13)3)18-10-8-9-17-11-21(5,6)12-22(7)20(17)18/h8-10,13-16,19H,11-12H2,1-7H3/p+1. The predicted octanol–water partition coefficient (Wildman–Crippen LogP) is 4.06. The summed E-state index contributed by atoms with van der Waals surface area (Å²) < 4.78 is 0. The summed E-state index contributed by atoms with van der Waals surface area (Å²) in [7, 11) is 2.38. The molecule has 0 saturated heterocycles. The SMILES string of the molecule is CC1C(C)C(C)C(c2cccc3c2[NH+](C)CC(C)(C)C3)C1C. The molecule has 0 amide bonds. The highest BCUT2D eigenvalue weighted by Gasteiger charge is 2.45. The number of para-hydroxylation sites is 1. The minimum Gasteiger partial charge on any atom is -0.304 e. The van der Waals surface area contributed by atoms with Gasteiger partial charge in [-0.2, -0.15) is 0 Å². The molecule has 22 heavy (non-hydrogen) atoms. The Morgan fingerprint density at radius 1 is 0.955 bits per heavy atom. The summed E-state index contributed by atoms with van der Waals surface area (Å²) in [6.45, 7) is 16.0. The fraction of sp³-hybridized carbons (Fsp3) is 0.714. The van der Waals surface area contributed by atoms with E-state index in [0.29, 0.717) is 5.41 Å². The number of nitrogens with one attached hydrogen (secondary N) is 1. The van der Waals surface area contributed by atoms with Crippen LogP contribution in [0.15, 0.2) is 18.2 Å². The first-order valence-corrected chi connectivity index (χ1v) is 9.17. The third-order valence-electron chi connectivity index (χ3n) is 7.00. The molecule has 0 bridgehead atoms. The van der Waals surface area contributed by atoms with E-state index in [2.05, 4.69) is 66.8 Å². The molecule has 1 nitrogen and oxygen atoms in total. The van der Waals surface area contributed by atoms with Crippen LogP contribution in [0.25, 0.3) is 0 Å². The summed E-state index contributed by atoms with van der Waals surface area (Å²) in [5.74, 6) is 3.97. The highest BCUT2D eigenvalue weighted by molar-refractivity contribution is 5.51. The average molecular weight is 301 g/mol. The molecule has 1 saturated carbocycles. The van der Waals surface area contributed by atoms with Gasteiger partial charge in [-0.1, -0.05) is 59.7 Å². The number of hydrogen-bond acceptors (Lipinski definition) is 0. The molecule has 1 aliphatic carbocycles. The maximum absolute atomic E-state index is 2.48. The van der Waals surface area contributed by atoms with Crippen LogP contribution >= 0.6 is 0 Å². The fourth-order valence-electron chi connectivity index (χ4n) is 5.61. The van der Waals surface area contributed by atoms with E-state index >= 15 is 0 Å². The highest BCUT2D eigenvalue weighted by Crippen LogP contribution is 2.52. The van der Waals surface area contributed by atoms with Crippen LogP contribution in [0.5, 0.6) is 0 Å². The molecule has 3 rings (SSSR count). The molecule has 5 unspecified atom stereocenters. The Bertz CT molecular complexity index is 545. The topological polar surface area (TPSA) is 4.44 Å². The molecule has 1 heterocycles. The maximum atomic E-state index is 2.48. The number of benzene rings is 1. The van der Waals surface area contributed by atoms with Gasteiger partial charge in [0, 0.05) is 16.5 Å². The van der Waals surface area contributed by atoms with E-state index in [1.165, 1.54) is 13.0 Å². The summed E-state index contributed by atoms with van der Waals surface area (Å²) in [4.78, 5) is 1.62. The minimum atomic E-state index is 0.420. The monoisotopic (exact) mass is 300 g/mol. The number of fused-ring (bicyclic) bond motifs is 1. The lowest BCUT2D eigenvalue weighted by Crippen LogP contribution is -3.07. The Hall–Kier alpha value is -0.820. The predicted molar refractivity (Wildman–Crippen MR) is 94.7 cm³/mol. The van der Waals surface area contributed by atoms with Gasteiger partial charge in [0.25, 0.3) is 0 Å². The molecular weight excluding hydrogens is 266 g/mol. The van der Waals surface area contributed by atoms with Crippen molar-refractivity contribution < 1.29 is 4.90 Å². The first-order valence-electron chi connectivity index (χ1n) is 9.17. The van der Waals surface area contributed by atoms with Crippen LogP contribution in [0.1, 0.15) is 58.6 Å². The van der Waals surface area contributed by atoms with Crippen LogP contribution in [0.3, 0.4) is 0 Å². The molecular formula is C21H34N+. The molecule has 122 valence electrons. The quantitative estimate of drug-likeness (QED) is 0.798. The molecule has 1 aliphatic heterocycles. The third kappa shape index (κ3) is 2.42. The van der Waals surface area contributed by atoms with Gasteiger partial charge >= 0.3 is 0 Å². The van der Waals surface area contributed by atoms with Crippen molar-refractivity contribution in [2.75, 3.05) is 13.6 Å². The zero-order chi connectivity index (χ0) is 16.2. The Balaban J connectivity index is 2.07. The molecule has 1 N–H and O–H groups in total. The van der Waals surface area contributed by atoms with Gasteiger partial charge in [-0.25, -0.2) is 0 Å². The summed E-state index contributed by atoms with van der Waals surface area (Å²) in [6, 6.07) is 7.12. The lowest BCUT2D eigenvalue weighted by Gasteiger charge is -2.37. The normalized spacial score (nSPS) is 40.5. The van der Waals surface area contributed by atoms with Gasteiger partial charge in [0.15, 0.2) is 0 Å². The maximum Gasteiger partial charge on any atom is 0.137 e. The molecule has 0 radical (unpaired) electrons. The van der Waals surface area contributed by atoms with Gasteiger partial charge in [0.05, 0.1) is 13.6 Å². The van der Waals surface area contributed by atoms with Gasteiger partial charge in [-0.05, 0) is 36.0 Å². The highest BCUT2D eigenvalue weighted by atomic mass is 15.1. The van der Waals surface area contributed by atoms with Crippen LogP contribution in [0, 0.1) is 29.1 Å². The van der Waals surface area contributed by atoms with Crippen LogP contribution < -0.4 is 4.90 Å². The van der Waals surface area contributed by atoms with E-state index in [4.69, 9.17) is 0 Å². The van der Waals surface area contributed by atoms with E-state index in [0.717, 1.165) is 29.6 Å². The second-order valence-corrected chi connectivity index (χ2v) is 9.14. The van der Waals surface area contributed by atoms with E-state index in [9.17, 15) is 0 Å². The molecule has 1 fully saturated rings. The van der Waals surface area contributed by atoms with Gasteiger partial charge in [-0.3, -0.25) is 0 Å². The Morgan fingerprint density at radius 3 is 2.14 bits per heavy atom. The zero-order valence-corrected chi connectivity index (χ0v) is 15.5. The van der Waals surface area contributed by atoms with Crippen molar-refractivity contribution in [3.05, 3.63) is 29.3 Å². The van der Waals surface area contributed by atoms with Crippen molar-refractivity contribution in [3.63, 3.8) is 0 Å². The smallest absolute Gasteiger partial charge is 0.137 e. The first kappa shape index (κ1) is 16.1. The molecule has 1 aromatic rings. The first-order chi connectivity index (χ1) is 10.2. The van der Waals surface area contributed by atoms with Crippen molar-refractivity contribution >= 4 is 5.69 Å². The second-order valence-electron chi connectivity index (χ2n) is 9.14. The zero-order valence-electron chi connectivity index (χ0n) is 15.5. The Morgan fingerprint density at radius 2 is 1.55 bits per heavy atom. The lowest BCUT2D eigenvalue weighted by atomic mass is 9.76. The van der Waals surface area contributed by atoms with Crippen LogP contribution in [-0.4, -0.2) is 13.6 Å². The van der Waals surface area contributed by atoms with Gasteiger partial charge in [-0.15, -0.1) is 0 Å². The van der Waals surface area contributed by atoms with Crippen molar-refractivity contribution in [1.29, 1.82) is 0 Å². The average Bonchev–Trinajstić information content (AvgIpc) is 2.61. The number of rotatable bonds is 1. The molecule has 0 aromatic heterocycles. The van der Waals surface area contributed by atoms with Crippen LogP contribution in [-0.2, 0) is 6.42 Å². The van der Waals surface area contributed by atoms with E-state index in [1.807, 2.05) is 0 Å². The van der Waals surface area contributed by atoms with Crippen LogP contribution in [0.4, 0.5) is 5.69 Å². The summed E-state index contributed by atoms with van der Waals surface area (Å²) in [5.41, 5.74) is 5.30. The van der Waals surface area contributed by atoms with Crippen molar-refractivity contribution in [2.45, 2.75) is 53.9 Å². The van der Waals surface area contributed by atoms with Gasteiger partial charge < -0.3 is 4.90 Å². The summed E-state index contributed by atoms with van der Waals surface area (Å²) >= 11 is 0. The molecule has 1 aromatic carbocycles. The van der Waals surface area contributed by atoms with Gasteiger partial charge in [0.2, 0.25) is 0 Å². The molecule has 2 aliphatic rings. The minimum absolute atomic E-state index is 0.420. The number of hydrogen-bond donors (Lipinski definition) is 1. The van der Waals surface area contributed by atoms with Crippen molar-refractivity contribution in [3.8, 4) is 0 Å². The second kappa shape index (κ2) is 5.37. The van der Waals surface area contributed by atoms with Gasteiger partial charge in [0.1, 0.15) is 5.69 Å². The Labute approximate surface area is 137 Å². The largest absolute Gasteiger partial charge is 0.304 e. The Kier molecular flexibility index (Phi) is 3.92.